The van der Waals surface area contributed by atoms with Gasteiger partial charge in [-0.2, -0.15) is 0 Å². The third kappa shape index (κ3) is 3.89. The minimum Gasteiger partial charge on any atom is -0.396 e. The number of imidazole rings is 1. The summed E-state index contributed by atoms with van der Waals surface area (Å²) in [6.45, 7) is 6.16. The molecule has 0 aliphatic carbocycles. The van der Waals surface area contributed by atoms with Gasteiger partial charge in [-0.3, -0.25) is 0 Å². The first kappa shape index (κ1) is 11.2. The first-order chi connectivity index (χ1) is 6.64. The molecule has 0 saturated carbocycles. The average Bonchev–Trinajstić information content (AvgIpc) is 2.56. The van der Waals surface area contributed by atoms with E-state index in [1.807, 2.05) is 6.20 Å². The van der Waals surface area contributed by atoms with E-state index in [9.17, 15) is 0 Å². The van der Waals surface area contributed by atoms with E-state index in [-0.39, 0.29) is 12.0 Å². The summed E-state index contributed by atoms with van der Waals surface area (Å²) >= 11 is 0. The fraction of sp³-hybridized carbons (Fsp3) is 0.700. The van der Waals surface area contributed by atoms with Crippen molar-refractivity contribution in [3.05, 3.63) is 18.2 Å². The number of nitrogens with zero attached hydrogens (tertiary/aromatic N) is 1. The quantitative estimate of drug-likeness (QED) is 0.635. The Hall–Kier alpha value is -0.870. The monoisotopic (exact) mass is 197 g/mol. The maximum absolute atomic E-state index is 8.84. The Morgan fingerprint density at radius 2 is 2.36 bits per heavy atom. The summed E-state index contributed by atoms with van der Waals surface area (Å²) in [5.74, 6) is 0.949. The van der Waals surface area contributed by atoms with E-state index < -0.39 is 0 Å². The zero-order valence-electron chi connectivity index (χ0n) is 8.88. The normalized spacial score (nSPS) is 11.9. The molecule has 1 aromatic rings. The van der Waals surface area contributed by atoms with E-state index in [0.717, 1.165) is 25.3 Å². The van der Waals surface area contributed by atoms with Crippen LogP contribution in [0.3, 0.4) is 0 Å². The van der Waals surface area contributed by atoms with Crippen molar-refractivity contribution < 1.29 is 5.11 Å². The van der Waals surface area contributed by atoms with Crippen LogP contribution in [0.25, 0.3) is 0 Å². The third-order valence-corrected chi connectivity index (χ3v) is 2.24. The number of aromatic nitrogens is 2. The van der Waals surface area contributed by atoms with Gasteiger partial charge in [-0.25, -0.2) is 4.98 Å². The lowest BCUT2D eigenvalue weighted by Crippen LogP contribution is -2.30. The summed E-state index contributed by atoms with van der Waals surface area (Å²) in [6, 6.07) is 0. The van der Waals surface area contributed by atoms with Crippen LogP contribution < -0.4 is 5.32 Å². The molecule has 0 amide bonds. The molecule has 1 heterocycles. The lowest BCUT2D eigenvalue weighted by molar-refractivity contribution is 0.207. The molecule has 0 spiro atoms. The van der Waals surface area contributed by atoms with Gasteiger partial charge in [0.15, 0.2) is 0 Å². The van der Waals surface area contributed by atoms with Crippen molar-refractivity contribution in [1.29, 1.82) is 0 Å². The van der Waals surface area contributed by atoms with Gasteiger partial charge in [0.25, 0.3) is 0 Å². The zero-order valence-corrected chi connectivity index (χ0v) is 8.88. The number of hydrogen-bond acceptors (Lipinski definition) is 3. The molecule has 0 atom stereocenters. The standard InChI is InChI=1S/C10H19N3O/c1-10(2,3-6-14)8-11-7-9-12-4-5-13-9/h4-5,11,14H,3,6-8H2,1-2H3,(H,12,13). The van der Waals surface area contributed by atoms with E-state index >= 15 is 0 Å². The van der Waals surface area contributed by atoms with E-state index in [1.54, 1.807) is 6.20 Å². The molecular formula is C10H19N3O. The van der Waals surface area contributed by atoms with Gasteiger partial charge in [0.05, 0.1) is 6.54 Å². The molecule has 0 aliphatic heterocycles. The SMILES string of the molecule is CC(C)(CCO)CNCc1ncc[nH]1. The summed E-state index contributed by atoms with van der Waals surface area (Å²) in [4.78, 5) is 7.15. The second-order valence-electron chi connectivity index (χ2n) is 4.28. The first-order valence-electron chi connectivity index (χ1n) is 4.94. The number of rotatable bonds is 6. The number of aromatic amines is 1. The molecule has 1 aromatic heterocycles. The summed E-state index contributed by atoms with van der Waals surface area (Å²) in [5, 5.41) is 12.1. The summed E-state index contributed by atoms with van der Waals surface area (Å²) < 4.78 is 0. The van der Waals surface area contributed by atoms with E-state index in [4.69, 9.17) is 5.11 Å². The molecule has 4 nitrogen and oxygen atoms in total. The molecule has 4 heteroatoms. The molecule has 0 radical (unpaired) electrons. The number of nitrogens with one attached hydrogen (secondary N) is 2. The Bertz CT molecular complexity index is 244. The largest absolute Gasteiger partial charge is 0.396 e. The van der Waals surface area contributed by atoms with Gasteiger partial charge in [0.2, 0.25) is 0 Å². The van der Waals surface area contributed by atoms with Crippen LogP contribution in [-0.4, -0.2) is 28.2 Å². The Morgan fingerprint density at radius 3 is 2.93 bits per heavy atom. The second-order valence-corrected chi connectivity index (χ2v) is 4.28. The summed E-state index contributed by atoms with van der Waals surface area (Å²) in [5.41, 5.74) is 0.140. The lowest BCUT2D eigenvalue weighted by Gasteiger charge is -2.23. The highest BCUT2D eigenvalue weighted by atomic mass is 16.3. The van der Waals surface area contributed by atoms with Crippen LogP contribution in [0.1, 0.15) is 26.1 Å². The van der Waals surface area contributed by atoms with Crippen molar-refractivity contribution in [3.8, 4) is 0 Å². The highest BCUT2D eigenvalue weighted by Crippen LogP contribution is 2.17. The second kappa shape index (κ2) is 5.12. The van der Waals surface area contributed by atoms with Gasteiger partial charge in [-0.15, -0.1) is 0 Å². The molecule has 3 N–H and O–H groups in total. The van der Waals surface area contributed by atoms with Crippen molar-refractivity contribution in [1.82, 2.24) is 15.3 Å². The molecule has 0 bridgehead atoms. The molecular weight excluding hydrogens is 178 g/mol. The third-order valence-electron chi connectivity index (χ3n) is 2.24. The molecule has 1 rings (SSSR count). The van der Waals surface area contributed by atoms with Gasteiger partial charge < -0.3 is 15.4 Å². The predicted molar refractivity (Wildman–Crippen MR) is 55.8 cm³/mol. The van der Waals surface area contributed by atoms with Gasteiger partial charge in [0, 0.05) is 25.5 Å². The van der Waals surface area contributed by atoms with Crippen LogP contribution in [-0.2, 0) is 6.54 Å². The van der Waals surface area contributed by atoms with Crippen molar-refractivity contribution in [2.45, 2.75) is 26.8 Å². The summed E-state index contributed by atoms with van der Waals surface area (Å²) in [7, 11) is 0. The van der Waals surface area contributed by atoms with E-state index in [0.29, 0.717) is 0 Å². The van der Waals surface area contributed by atoms with Crippen molar-refractivity contribution >= 4 is 0 Å². The fourth-order valence-corrected chi connectivity index (χ4v) is 1.30. The number of aliphatic hydroxyl groups is 1. The predicted octanol–water partition coefficient (Wildman–Crippen LogP) is 0.908. The first-order valence-corrected chi connectivity index (χ1v) is 4.94. The van der Waals surface area contributed by atoms with Crippen LogP contribution in [0.5, 0.6) is 0 Å². The number of aliphatic hydroxyl groups excluding tert-OH is 1. The maximum atomic E-state index is 8.84. The topological polar surface area (TPSA) is 60.9 Å². The highest BCUT2D eigenvalue weighted by molar-refractivity contribution is 4.86. The van der Waals surface area contributed by atoms with Gasteiger partial charge >= 0.3 is 0 Å². The van der Waals surface area contributed by atoms with Gasteiger partial charge in [0.1, 0.15) is 5.82 Å². The average molecular weight is 197 g/mol. The van der Waals surface area contributed by atoms with E-state index in [1.165, 1.54) is 0 Å². The minimum absolute atomic E-state index is 0.140. The minimum atomic E-state index is 0.140. The zero-order chi connectivity index (χ0) is 10.4. The Balaban J connectivity index is 2.20. The molecule has 14 heavy (non-hydrogen) atoms. The molecule has 0 aliphatic rings. The molecule has 0 fully saturated rings. The Kier molecular flexibility index (Phi) is 4.10. The van der Waals surface area contributed by atoms with Gasteiger partial charge in [-0.05, 0) is 11.8 Å². The Morgan fingerprint density at radius 1 is 1.57 bits per heavy atom. The molecule has 0 aromatic carbocycles. The van der Waals surface area contributed by atoms with Crippen LogP contribution in [0.15, 0.2) is 12.4 Å². The lowest BCUT2D eigenvalue weighted by atomic mass is 9.90. The van der Waals surface area contributed by atoms with Crippen molar-refractivity contribution in [3.63, 3.8) is 0 Å². The number of H-pyrrole nitrogens is 1. The molecule has 0 unspecified atom stereocenters. The maximum Gasteiger partial charge on any atom is 0.120 e. The van der Waals surface area contributed by atoms with Crippen LogP contribution in [0.4, 0.5) is 0 Å². The summed E-state index contributed by atoms with van der Waals surface area (Å²) in [6.07, 6.45) is 4.38. The molecule has 80 valence electrons. The van der Waals surface area contributed by atoms with Crippen LogP contribution >= 0.6 is 0 Å². The van der Waals surface area contributed by atoms with Gasteiger partial charge in [-0.1, -0.05) is 13.8 Å². The van der Waals surface area contributed by atoms with Crippen molar-refractivity contribution in [2.75, 3.05) is 13.2 Å². The van der Waals surface area contributed by atoms with Crippen LogP contribution in [0, 0.1) is 5.41 Å². The van der Waals surface area contributed by atoms with E-state index in [2.05, 4.69) is 29.1 Å². The number of hydrogen-bond donors (Lipinski definition) is 3. The molecule has 0 saturated heterocycles. The Labute approximate surface area is 84.8 Å². The van der Waals surface area contributed by atoms with Crippen molar-refractivity contribution in [2.24, 2.45) is 5.41 Å². The fourth-order valence-electron chi connectivity index (χ4n) is 1.30. The highest BCUT2D eigenvalue weighted by Gasteiger charge is 2.16. The van der Waals surface area contributed by atoms with Crippen LogP contribution in [0.2, 0.25) is 0 Å². The smallest absolute Gasteiger partial charge is 0.120 e.